The van der Waals surface area contributed by atoms with E-state index in [2.05, 4.69) is 15.6 Å². The molecule has 3 N–H and O–H groups in total. The molecule has 178 valence electrons. The standard InChI is InChI=1S/C23H36N4O5/c1-23(2,3)32-22(31)25-12-6-4-5-9-18(28)26-19(21(30)27-15-7-8-16-27)20(29)17-10-13-24-14-11-17/h10-11,13-14,19-20,29H,4-9,12,15-16H2,1-3H3,(H,25,31)(H,26,28). The van der Waals surface area contributed by atoms with Crippen LogP contribution in [0.1, 0.15) is 71.0 Å². The molecule has 2 atom stereocenters. The van der Waals surface area contributed by atoms with Crippen LogP contribution in [0.3, 0.4) is 0 Å². The molecular weight excluding hydrogens is 412 g/mol. The minimum absolute atomic E-state index is 0.235. The van der Waals surface area contributed by atoms with E-state index in [1.165, 1.54) is 0 Å². The third-order valence-corrected chi connectivity index (χ3v) is 5.11. The molecule has 0 radical (unpaired) electrons. The Bertz CT molecular complexity index is 745. The van der Waals surface area contributed by atoms with Gasteiger partial charge in [0.25, 0.3) is 0 Å². The number of rotatable bonds is 10. The Morgan fingerprint density at radius 3 is 2.41 bits per heavy atom. The van der Waals surface area contributed by atoms with E-state index in [9.17, 15) is 19.5 Å². The van der Waals surface area contributed by atoms with Crippen LogP contribution in [0, 0.1) is 0 Å². The quantitative estimate of drug-likeness (QED) is 0.472. The number of amides is 3. The second kappa shape index (κ2) is 12.4. The fraction of sp³-hybridized carbons (Fsp3) is 0.652. The Hall–Kier alpha value is -2.68. The zero-order chi connectivity index (χ0) is 23.6. The zero-order valence-electron chi connectivity index (χ0n) is 19.3. The molecule has 0 saturated carbocycles. The van der Waals surface area contributed by atoms with Crippen LogP contribution in [-0.4, -0.2) is 64.2 Å². The van der Waals surface area contributed by atoms with E-state index >= 15 is 0 Å². The third kappa shape index (κ3) is 8.82. The van der Waals surface area contributed by atoms with Gasteiger partial charge in [-0.15, -0.1) is 0 Å². The van der Waals surface area contributed by atoms with Crippen LogP contribution >= 0.6 is 0 Å². The fourth-order valence-corrected chi connectivity index (χ4v) is 3.50. The molecular formula is C23H36N4O5. The van der Waals surface area contributed by atoms with Crippen LogP contribution in [0.15, 0.2) is 24.5 Å². The Labute approximate surface area is 189 Å². The number of hydrogen-bond acceptors (Lipinski definition) is 6. The number of aliphatic hydroxyl groups is 1. The van der Waals surface area contributed by atoms with E-state index < -0.39 is 23.8 Å². The maximum Gasteiger partial charge on any atom is 0.407 e. The second-order valence-corrected chi connectivity index (χ2v) is 9.04. The summed E-state index contributed by atoms with van der Waals surface area (Å²) < 4.78 is 5.17. The maximum absolute atomic E-state index is 13.0. The van der Waals surface area contributed by atoms with Gasteiger partial charge < -0.3 is 25.4 Å². The van der Waals surface area contributed by atoms with Gasteiger partial charge in [-0.1, -0.05) is 6.42 Å². The minimum atomic E-state index is -1.15. The van der Waals surface area contributed by atoms with Gasteiger partial charge in [0.1, 0.15) is 17.7 Å². The van der Waals surface area contributed by atoms with E-state index in [1.54, 1.807) is 50.2 Å². The number of aliphatic hydroxyl groups excluding tert-OH is 1. The van der Waals surface area contributed by atoms with Crippen molar-refractivity contribution in [1.82, 2.24) is 20.5 Å². The number of alkyl carbamates (subject to hydrolysis) is 1. The normalized spacial score (nSPS) is 15.7. The highest BCUT2D eigenvalue weighted by Crippen LogP contribution is 2.20. The van der Waals surface area contributed by atoms with Gasteiger partial charge in [0.15, 0.2) is 0 Å². The SMILES string of the molecule is CC(C)(C)OC(=O)NCCCCCC(=O)NC(C(=O)N1CCCC1)C(O)c1ccncc1. The number of unbranched alkanes of at least 4 members (excludes halogenated alkanes) is 2. The Morgan fingerprint density at radius 2 is 1.78 bits per heavy atom. The average Bonchev–Trinajstić information content (AvgIpc) is 3.28. The lowest BCUT2D eigenvalue weighted by Gasteiger charge is -2.28. The first kappa shape index (κ1) is 25.6. The molecule has 0 aromatic carbocycles. The Morgan fingerprint density at radius 1 is 1.12 bits per heavy atom. The lowest BCUT2D eigenvalue weighted by atomic mass is 10.0. The summed E-state index contributed by atoms with van der Waals surface area (Å²) in [5.74, 6) is -0.544. The van der Waals surface area contributed by atoms with Crippen molar-refractivity contribution in [2.45, 2.75) is 77.0 Å². The molecule has 3 amide bonds. The topological polar surface area (TPSA) is 121 Å². The number of carbonyl (C=O) groups is 3. The first-order chi connectivity index (χ1) is 15.2. The highest BCUT2D eigenvalue weighted by Gasteiger charge is 2.34. The summed E-state index contributed by atoms with van der Waals surface area (Å²) in [4.78, 5) is 42.7. The van der Waals surface area contributed by atoms with Crippen LogP contribution in [0.5, 0.6) is 0 Å². The number of likely N-dealkylation sites (tertiary alicyclic amines) is 1. The van der Waals surface area contributed by atoms with Gasteiger partial charge in [0.05, 0.1) is 0 Å². The van der Waals surface area contributed by atoms with Crippen LogP contribution < -0.4 is 10.6 Å². The molecule has 2 heterocycles. The number of pyridine rings is 1. The predicted molar refractivity (Wildman–Crippen MR) is 120 cm³/mol. The third-order valence-electron chi connectivity index (χ3n) is 5.11. The molecule has 1 aliphatic heterocycles. The molecule has 9 nitrogen and oxygen atoms in total. The monoisotopic (exact) mass is 448 g/mol. The van der Waals surface area contributed by atoms with Crippen molar-refractivity contribution in [3.05, 3.63) is 30.1 Å². The van der Waals surface area contributed by atoms with Crippen LogP contribution in [0.4, 0.5) is 4.79 Å². The highest BCUT2D eigenvalue weighted by molar-refractivity contribution is 5.88. The second-order valence-electron chi connectivity index (χ2n) is 9.04. The number of hydrogen-bond donors (Lipinski definition) is 3. The van der Waals surface area contributed by atoms with Gasteiger partial charge >= 0.3 is 6.09 Å². The highest BCUT2D eigenvalue weighted by atomic mass is 16.6. The molecule has 1 aromatic heterocycles. The summed E-state index contributed by atoms with van der Waals surface area (Å²) in [6.07, 6.45) is 5.63. The van der Waals surface area contributed by atoms with Gasteiger partial charge in [0, 0.05) is 38.4 Å². The molecule has 2 unspecified atom stereocenters. The minimum Gasteiger partial charge on any atom is -0.444 e. The first-order valence-electron chi connectivity index (χ1n) is 11.3. The number of nitrogens with zero attached hydrogens (tertiary/aromatic N) is 2. The van der Waals surface area contributed by atoms with E-state index in [4.69, 9.17) is 4.74 Å². The summed E-state index contributed by atoms with van der Waals surface area (Å²) in [5.41, 5.74) is -0.00228. The van der Waals surface area contributed by atoms with Crippen molar-refractivity contribution in [2.75, 3.05) is 19.6 Å². The molecule has 1 aromatic rings. The summed E-state index contributed by atoms with van der Waals surface area (Å²) in [6, 6.07) is 2.24. The van der Waals surface area contributed by atoms with E-state index in [1.807, 2.05) is 0 Å². The molecule has 0 aliphatic carbocycles. The Balaban J connectivity index is 1.79. The van der Waals surface area contributed by atoms with E-state index in [-0.39, 0.29) is 18.2 Å². The summed E-state index contributed by atoms with van der Waals surface area (Å²) in [5, 5.41) is 16.2. The number of carbonyl (C=O) groups excluding carboxylic acids is 3. The molecule has 0 spiro atoms. The van der Waals surface area contributed by atoms with Crippen molar-refractivity contribution < 1.29 is 24.2 Å². The van der Waals surface area contributed by atoms with Crippen molar-refractivity contribution in [3.63, 3.8) is 0 Å². The maximum atomic E-state index is 13.0. The molecule has 1 aliphatic rings. The van der Waals surface area contributed by atoms with E-state index in [0.717, 1.165) is 19.3 Å². The van der Waals surface area contributed by atoms with Gasteiger partial charge in [-0.05, 0) is 64.2 Å². The zero-order valence-corrected chi connectivity index (χ0v) is 19.3. The first-order valence-corrected chi connectivity index (χ1v) is 11.3. The van der Waals surface area contributed by atoms with Crippen LogP contribution in [-0.2, 0) is 14.3 Å². The van der Waals surface area contributed by atoms with Gasteiger partial charge in [-0.2, -0.15) is 0 Å². The van der Waals surface area contributed by atoms with Gasteiger partial charge in [-0.25, -0.2) is 4.79 Å². The van der Waals surface area contributed by atoms with Crippen LogP contribution in [0.25, 0.3) is 0 Å². The molecule has 2 rings (SSSR count). The molecule has 1 fully saturated rings. The number of nitrogens with one attached hydrogen (secondary N) is 2. The Kier molecular flexibility index (Phi) is 9.90. The van der Waals surface area contributed by atoms with Crippen molar-refractivity contribution >= 4 is 17.9 Å². The summed E-state index contributed by atoms with van der Waals surface area (Å²) in [6.45, 7) is 7.15. The van der Waals surface area contributed by atoms with Gasteiger partial charge in [-0.3, -0.25) is 14.6 Å². The predicted octanol–water partition coefficient (Wildman–Crippen LogP) is 2.31. The average molecular weight is 449 g/mol. The lowest BCUT2D eigenvalue weighted by molar-refractivity contribution is -0.139. The number of aromatic nitrogens is 1. The summed E-state index contributed by atoms with van der Waals surface area (Å²) in [7, 11) is 0. The molecule has 1 saturated heterocycles. The molecule has 32 heavy (non-hydrogen) atoms. The molecule has 9 heteroatoms. The largest absolute Gasteiger partial charge is 0.444 e. The van der Waals surface area contributed by atoms with Crippen LogP contribution in [0.2, 0.25) is 0 Å². The smallest absolute Gasteiger partial charge is 0.407 e. The van der Waals surface area contributed by atoms with Crippen molar-refractivity contribution in [3.8, 4) is 0 Å². The lowest BCUT2D eigenvalue weighted by Crippen LogP contribution is -2.51. The van der Waals surface area contributed by atoms with Crippen molar-refractivity contribution in [1.29, 1.82) is 0 Å². The summed E-state index contributed by atoms with van der Waals surface area (Å²) >= 11 is 0. The molecule has 0 bridgehead atoms. The number of ether oxygens (including phenoxy) is 1. The van der Waals surface area contributed by atoms with Crippen molar-refractivity contribution in [2.24, 2.45) is 0 Å². The van der Waals surface area contributed by atoms with Gasteiger partial charge in [0.2, 0.25) is 11.8 Å². The van der Waals surface area contributed by atoms with E-state index in [0.29, 0.717) is 38.0 Å². The fourth-order valence-electron chi connectivity index (χ4n) is 3.50.